The summed E-state index contributed by atoms with van der Waals surface area (Å²) in [6.45, 7) is 0.996. The van der Waals surface area contributed by atoms with E-state index in [1.165, 1.54) is 0 Å². The van der Waals surface area contributed by atoms with Crippen LogP contribution in [-0.2, 0) is 13.6 Å². The lowest BCUT2D eigenvalue weighted by atomic mass is 10.3. The predicted molar refractivity (Wildman–Crippen MR) is 56.2 cm³/mol. The first-order chi connectivity index (χ1) is 6.68. The third-order valence-corrected chi connectivity index (χ3v) is 2.34. The highest BCUT2D eigenvalue weighted by molar-refractivity contribution is 7.33. The van der Waals surface area contributed by atoms with Crippen LogP contribution in [0.3, 0.4) is 0 Å². The van der Waals surface area contributed by atoms with Crippen LogP contribution < -0.4 is 11.5 Å². The molecule has 4 N–H and O–H groups in total. The van der Waals surface area contributed by atoms with Crippen LogP contribution in [0.2, 0.25) is 0 Å². The molecule has 5 nitrogen and oxygen atoms in total. The maximum Gasteiger partial charge on any atom is 0.319 e. The SMILES string of the molecule is Nc1ccc(N)cc1.O=[PH]1OCCO1. The van der Waals surface area contributed by atoms with Crippen molar-refractivity contribution in [1.29, 1.82) is 0 Å². The summed E-state index contributed by atoms with van der Waals surface area (Å²) >= 11 is 0. The molecule has 14 heavy (non-hydrogen) atoms. The third-order valence-electron chi connectivity index (χ3n) is 1.46. The van der Waals surface area contributed by atoms with Crippen molar-refractivity contribution < 1.29 is 13.6 Å². The molecule has 1 aromatic rings. The Balaban J connectivity index is 0.000000146. The van der Waals surface area contributed by atoms with E-state index < -0.39 is 8.25 Å². The van der Waals surface area contributed by atoms with E-state index in [1.807, 2.05) is 0 Å². The quantitative estimate of drug-likeness (QED) is 0.503. The molecule has 1 heterocycles. The molecule has 0 spiro atoms. The van der Waals surface area contributed by atoms with Crippen LogP contribution in [0.4, 0.5) is 11.4 Å². The van der Waals surface area contributed by atoms with Gasteiger partial charge in [0, 0.05) is 11.4 Å². The van der Waals surface area contributed by atoms with Gasteiger partial charge in [-0.15, -0.1) is 0 Å². The largest absolute Gasteiger partial charge is 0.399 e. The minimum atomic E-state index is -2.01. The summed E-state index contributed by atoms with van der Waals surface area (Å²) in [5.41, 5.74) is 12.2. The lowest BCUT2D eigenvalue weighted by molar-refractivity contribution is 0.365. The van der Waals surface area contributed by atoms with E-state index in [1.54, 1.807) is 24.3 Å². The molecule has 1 fully saturated rings. The summed E-state index contributed by atoms with van der Waals surface area (Å²) in [6, 6.07) is 7.09. The van der Waals surface area contributed by atoms with Crippen molar-refractivity contribution in [3.63, 3.8) is 0 Å². The summed E-state index contributed by atoms with van der Waals surface area (Å²) in [4.78, 5) is 0. The Hall–Kier alpha value is -1.03. The summed E-state index contributed by atoms with van der Waals surface area (Å²) < 4.78 is 18.9. The van der Waals surface area contributed by atoms with Gasteiger partial charge in [-0.05, 0) is 24.3 Å². The zero-order valence-electron chi connectivity index (χ0n) is 7.60. The first kappa shape index (κ1) is 11.0. The average Bonchev–Trinajstić information content (AvgIpc) is 2.63. The second kappa shape index (κ2) is 5.65. The van der Waals surface area contributed by atoms with Crippen LogP contribution in [0.15, 0.2) is 24.3 Å². The van der Waals surface area contributed by atoms with E-state index in [2.05, 4.69) is 9.05 Å². The molecule has 78 valence electrons. The van der Waals surface area contributed by atoms with Gasteiger partial charge in [0.2, 0.25) is 0 Å². The minimum absolute atomic E-state index is 0.498. The molecule has 1 aromatic carbocycles. The molecular weight excluding hydrogens is 203 g/mol. The second-order valence-electron chi connectivity index (χ2n) is 2.61. The van der Waals surface area contributed by atoms with Crippen LogP contribution in [0, 0.1) is 0 Å². The van der Waals surface area contributed by atoms with Crippen molar-refractivity contribution in [2.45, 2.75) is 0 Å². The van der Waals surface area contributed by atoms with E-state index in [0.717, 1.165) is 11.4 Å². The van der Waals surface area contributed by atoms with Crippen LogP contribution >= 0.6 is 8.25 Å². The van der Waals surface area contributed by atoms with E-state index in [-0.39, 0.29) is 0 Å². The Morgan fingerprint density at radius 3 is 1.57 bits per heavy atom. The molecule has 0 atom stereocenters. The maximum absolute atomic E-state index is 9.98. The van der Waals surface area contributed by atoms with Crippen LogP contribution in [-0.4, -0.2) is 13.2 Å². The molecule has 0 unspecified atom stereocenters. The smallest absolute Gasteiger partial charge is 0.319 e. The van der Waals surface area contributed by atoms with Gasteiger partial charge in [-0.3, -0.25) is 4.57 Å². The van der Waals surface area contributed by atoms with Crippen molar-refractivity contribution in [1.82, 2.24) is 0 Å². The number of hydrogen-bond acceptors (Lipinski definition) is 5. The molecule has 1 aliphatic heterocycles. The minimum Gasteiger partial charge on any atom is -0.399 e. The van der Waals surface area contributed by atoms with Gasteiger partial charge in [0.15, 0.2) is 0 Å². The topological polar surface area (TPSA) is 87.6 Å². The fourth-order valence-electron chi connectivity index (χ4n) is 0.788. The second-order valence-corrected chi connectivity index (χ2v) is 3.69. The molecule has 0 aliphatic carbocycles. The Kier molecular flexibility index (Phi) is 4.46. The Morgan fingerprint density at radius 2 is 1.36 bits per heavy atom. The molecular formula is C8H13N2O3P. The zero-order valence-corrected chi connectivity index (χ0v) is 8.60. The molecule has 0 aromatic heterocycles. The maximum atomic E-state index is 9.98. The van der Waals surface area contributed by atoms with Crippen LogP contribution in [0.1, 0.15) is 0 Å². The molecule has 0 amide bonds. The molecule has 6 heteroatoms. The zero-order chi connectivity index (χ0) is 10.4. The first-order valence-electron chi connectivity index (χ1n) is 4.09. The molecule has 1 aliphatic rings. The van der Waals surface area contributed by atoms with E-state index >= 15 is 0 Å². The first-order valence-corrected chi connectivity index (χ1v) is 5.31. The number of benzene rings is 1. The highest BCUT2D eigenvalue weighted by Gasteiger charge is 2.05. The van der Waals surface area contributed by atoms with Crippen molar-refractivity contribution in [3.05, 3.63) is 24.3 Å². The van der Waals surface area contributed by atoms with E-state index in [0.29, 0.717) is 13.2 Å². The average molecular weight is 216 g/mol. The van der Waals surface area contributed by atoms with Crippen molar-refractivity contribution in [3.8, 4) is 0 Å². The summed E-state index contributed by atoms with van der Waals surface area (Å²) in [5.74, 6) is 0. The fourth-order valence-corrected chi connectivity index (χ4v) is 1.37. The van der Waals surface area contributed by atoms with E-state index in [9.17, 15) is 4.57 Å². The monoisotopic (exact) mass is 216 g/mol. The van der Waals surface area contributed by atoms with Gasteiger partial charge in [-0.1, -0.05) is 0 Å². The number of nitrogens with two attached hydrogens (primary N) is 2. The summed E-state index contributed by atoms with van der Waals surface area (Å²) in [5, 5.41) is 0. The van der Waals surface area contributed by atoms with Crippen LogP contribution in [0.25, 0.3) is 0 Å². The summed E-state index contributed by atoms with van der Waals surface area (Å²) in [6.07, 6.45) is 0. The Labute approximate surface area is 82.9 Å². The van der Waals surface area contributed by atoms with Gasteiger partial charge in [0.05, 0.1) is 13.2 Å². The normalized spacial score (nSPS) is 16.0. The van der Waals surface area contributed by atoms with Crippen molar-refractivity contribution in [2.24, 2.45) is 0 Å². The standard InChI is InChI=1S/C6H8N2.C2H5O3P/c7-5-1-2-6(8)4-3-5;3-6-4-1-2-5-6/h1-4H,7-8H2;6H,1-2H2. The Morgan fingerprint density at radius 1 is 1.00 bits per heavy atom. The molecule has 2 rings (SSSR count). The number of hydrogen-bond donors (Lipinski definition) is 2. The molecule has 0 bridgehead atoms. The predicted octanol–water partition coefficient (Wildman–Crippen LogP) is 1.27. The van der Waals surface area contributed by atoms with Gasteiger partial charge in [-0.25, -0.2) is 0 Å². The molecule has 0 radical (unpaired) electrons. The van der Waals surface area contributed by atoms with Gasteiger partial charge < -0.3 is 20.5 Å². The molecule has 1 saturated heterocycles. The van der Waals surface area contributed by atoms with Crippen molar-refractivity contribution >= 4 is 19.6 Å². The van der Waals surface area contributed by atoms with Gasteiger partial charge >= 0.3 is 8.25 Å². The van der Waals surface area contributed by atoms with Crippen LogP contribution in [0.5, 0.6) is 0 Å². The lowest BCUT2D eigenvalue weighted by Crippen LogP contribution is -1.86. The lowest BCUT2D eigenvalue weighted by Gasteiger charge is -1.90. The molecule has 0 saturated carbocycles. The van der Waals surface area contributed by atoms with Crippen molar-refractivity contribution in [2.75, 3.05) is 24.7 Å². The van der Waals surface area contributed by atoms with E-state index in [4.69, 9.17) is 11.5 Å². The highest BCUT2D eigenvalue weighted by Crippen LogP contribution is 2.27. The Bertz CT molecular complexity index is 273. The number of anilines is 2. The van der Waals surface area contributed by atoms with Gasteiger partial charge in [0.1, 0.15) is 0 Å². The fraction of sp³-hybridized carbons (Fsp3) is 0.250. The number of rotatable bonds is 0. The number of nitrogen functional groups attached to an aromatic ring is 2. The van der Waals surface area contributed by atoms with Gasteiger partial charge in [0.25, 0.3) is 0 Å². The van der Waals surface area contributed by atoms with Gasteiger partial charge in [-0.2, -0.15) is 0 Å². The highest BCUT2D eigenvalue weighted by atomic mass is 31.1. The summed E-state index contributed by atoms with van der Waals surface area (Å²) in [7, 11) is -2.01. The third kappa shape index (κ3) is 4.28.